The zero-order valence-electron chi connectivity index (χ0n) is 3.08. The molecule has 0 aromatic carbocycles. The Bertz CT molecular complexity index is 33.8. The largest absolute Gasteiger partial charge is 2.00 e. The Kier molecular flexibility index (Phi) is 24.9. The van der Waals surface area contributed by atoms with Gasteiger partial charge in [0.2, 0.25) is 0 Å². The quantitative estimate of drug-likeness (QED) is 0.252. The second kappa shape index (κ2) is 9.55. The Hall–Kier alpha value is 1.27. The minimum atomic E-state index is -3.63. The van der Waals surface area contributed by atoms with Crippen molar-refractivity contribution in [1.29, 1.82) is 0 Å². The summed E-state index contributed by atoms with van der Waals surface area (Å²) in [5, 5.41) is 0. The van der Waals surface area contributed by atoms with Crippen molar-refractivity contribution in [2.24, 2.45) is 0 Å². The van der Waals surface area contributed by atoms with Gasteiger partial charge < -0.3 is 14.4 Å². The predicted molar refractivity (Wildman–Crippen MR) is 9.00 cm³/mol. The van der Waals surface area contributed by atoms with Crippen LogP contribution in [0.3, 0.4) is 0 Å². The summed E-state index contributed by atoms with van der Waals surface area (Å²) in [6.07, 6.45) is 0. The van der Waals surface area contributed by atoms with Gasteiger partial charge in [0.1, 0.15) is 0 Å². The average molecular weight is 143 g/mol. The summed E-state index contributed by atoms with van der Waals surface area (Å²) < 4.78 is 8.52. The van der Waals surface area contributed by atoms with Crippen molar-refractivity contribution < 1.29 is 50.3 Å². The first-order valence-corrected chi connectivity index (χ1v) is 1.84. The molecule has 6 heavy (non-hydrogen) atoms. The first-order valence-electron chi connectivity index (χ1n) is 0.612. The Morgan fingerprint density at radius 3 is 1.33 bits per heavy atom. The molecule has 0 saturated heterocycles. The third-order valence-corrected chi connectivity index (χ3v) is 0. The van der Waals surface area contributed by atoms with Crippen LogP contribution in [0.5, 0.6) is 0 Å². The molecule has 0 saturated carbocycles. The topological polar surface area (TPSA) is 63.2 Å². The van der Waals surface area contributed by atoms with Gasteiger partial charge in [0.15, 0.2) is 0 Å². The summed E-state index contributed by atoms with van der Waals surface area (Å²) >= 11 is 0. The van der Waals surface area contributed by atoms with E-state index in [0.717, 1.165) is 0 Å². The number of hydrogen-bond acceptors (Lipinski definition) is 3. The van der Waals surface area contributed by atoms with E-state index in [-0.39, 0.29) is 35.9 Å². The molecule has 0 amide bonds. The van der Waals surface area contributed by atoms with Crippen LogP contribution in [0.4, 0.5) is 0 Å². The van der Waals surface area contributed by atoms with Crippen LogP contribution in [0.1, 0.15) is 0 Å². The van der Waals surface area contributed by atoms with Crippen LogP contribution in [-0.2, 0) is 21.6 Å². The van der Waals surface area contributed by atoms with Crippen molar-refractivity contribution >= 4 is 8.25 Å². The van der Waals surface area contributed by atoms with E-state index >= 15 is 0 Å². The molecule has 0 heterocycles. The van der Waals surface area contributed by atoms with Gasteiger partial charge in [-0.3, -0.25) is 0 Å². The van der Waals surface area contributed by atoms with Crippen molar-refractivity contribution in [3.8, 4) is 0 Å². The molecular weight excluding hydrogens is 142 g/mol. The van der Waals surface area contributed by atoms with Crippen molar-refractivity contribution in [3.05, 3.63) is 0 Å². The van der Waals surface area contributed by atoms with Crippen LogP contribution in [0, 0.1) is 0 Å². The molecular formula is HFeLiO3P+. The van der Waals surface area contributed by atoms with Crippen LogP contribution >= 0.6 is 8.25 Å². The average Bonchev–Trinajstić information content (AvgIpc) is 0.811. The van der Waals surface area contributed by atoms with Crippen molar-refractivity contribution in [2.75, 3.05) is 0 Å². The smallest absolute Gasteiger partial charge is 0.813 e. The van der Waals surface area contributed by atoms with Crippen LogP contribution in [0.2, 0.25) is 0 Å². The van der Waals surface area contributed by atoms with E-state index in [0.29, 0.717) is 0 Å². The van der Waals surface area contributed by atoms with Crippen molar-refractivity contribution in [2.45, 2.75) is 0 Å². The van der Waals surface area contributed by atoms with Gasteiger partial charge >= 0.3 is 35.9 Å². The molecule has 0 bridgehead atoms. The monoisotopic (exact) mass is 143 g/mol. The third kappa shape index (κ3) is 59.7. The van der Waals surface area contributed by atoms with Gasteiger partial charge in [-0.1, -0.05) is 8.25 Å². The first kappa shape index (κ1) is 15.7. The normalized spacial score (nSPS) is 5.83. The maximum absolute atomic E-state index is 8.52. The van der Waals surface area contributed by atoms with Gasteiger partial charge in [-0.05, 0) is 0 Å². The summed E-state index contributed by atoms with van der Waals surface area (Å²) in [5.41, 5.74) is 0. The molecule has 0 aromatic rings. The summed E-state index contributed by atoms with van der Waals surface area (Å²) in [6, 6.07) is 0. The summed E-state index contributed by atoms with van der Waals surface area (Å²) in [7, 11) is -3.63. The van der Waals surface area contributed by atoms with E-state index in [1.165, 1.54) is 0 Å². The Labute approximate surface area is 58.7 Å². The third-order valence-electron chi connectivity index (χ3n) is 0. The molecule has 0 N–H and O–H groups in total. The SMILES string of the molecule is O=[PH]([O-])[O-].[Fe+2].[Li+]. The summed E-state index contributed by atoms with van der Waals surface area (Å²) in [4.78, 5) is 17.0. The van der Waals surface area contributed by atoms with E-state index in [9.17, 15) is 0 Å². The van der Waals surface area contributed by atoms with Gasteiger partial charge in [0.25, 0.3) is 0 Å². The number of rotatable bonds is 0. The molecule has 0 radical (unpaired) electrons. The molecule has 0 fully saturated rings. The van der Waals surface area contributed by atoms with Crippen LogP contribution in [0.15, 0.2) is 0 Å². The van der Waals surface area contributed by atoms with Gasteiger partial charge in [-0.25, -0.2) is 0 Å². The Morgan fingerprint density at radius 2 is 1.33 bits per heavy atom. The molecule has 6 heteroatoms. The van der Waals surface area contributed by atoms with Crippen LogP contribution < -0.4 is 28.6 Å². The molecule has 0 aromatic heterocycles. The van der Waals surface area contributed by atoms with Crippen molar-refractivity contribution in [1.82, 2.24) is 0 Å². The van der Waals surface area contributed by atoms with Gasteiger partial charge in [0.05, 0.1) is 0 Å². The second-order valence-electron chi connectivity index (χ2n) is 0.250. The molecule has 3 nitrogen and oxygen atoms in total. The zero-order chi connectivity index (χ0) is 3.58. The molecule has 0 aliphatic heterocycles. The van der Waals surface area contributed by atoms with Crippen LogP contribution in [-0.4, -0.2) is 0 Å². The fourth-order valence-electron chi connectivity index (χ4n) is 0. The standard InChI is InChI=1S/Fe.Li.H3O3P/c;;1-4(2)3/h;;4H,(H2,1,2,3)/q+2;+1;/p-2. The van der Waals surface area contributed by atoms with Crippen LogP contribution in [0.25, 0.3) is 0 Å². The maximum atomic E-state index is 8.52. The maximum Gasteiger partial charge on any atom is 2.00 e. The van der Waals surface area contributed by atoms with Gasteiger partial charge in [-0.2, -0.15) is 0 Å². The van der Waals surface area contributed by atoms with E-state index < -0.39 is 8.25 Å². The molecule has 0 rings (SSSR count). The molecule has 0 aliphatic carbocycles. The molecule has 0 aliphatic rings. The van der Waals surface area contributed by atoms with Gasteiger partial charge in [-0.15, -0.1) is 0 Å². The van der Waals surface area contributed by atoms with E-state index in [2.05, 4.69) is 0 Å². The minimum absolute atomic E-state index is 0. The second-order valence-corrected chi connectivity index (χ2v) is 0.750. The van der Waals surface area contributed by atoms with Gasteiger partial charge in [0, 0.05) is 0 Å². The van der Waals surface area contributed by atoms with E-state index in [4.69, 9.17) is 14.4 Å². The molecule has 0 atom stereocenters. The zero-order valence-corrected chi connectivity index (χ0v) is 5.18. The summed E-state index contributed by atoms with van der Waals surface area (Å²) in [6.45, 7) is 0. The number of hydrogen-bond donors (Lipinski definition) is 0. The minimum Gasteiger partial charge on any atom is -0.813 e. The predicted octanol–water partition coefficient (Wildman–Crippen LogP) is -4.90. The van der Waals surface area contributed by atoms with E-state index in [1.54, 1.807) is 0 Å². The fourth-order valence-corrected chi connectivity index (χ4v) is 0. The Balaban J connectivity index is -0.0000000450. The fraction of sp³-hybridized carbons (Fsp3) is 0. The molecule has 32 valence electrons. The first-order chi connectivity index (χ1) is 1.73. The Morgan fingerprint density at radius 1 is 1.33 bits per heavy atom. The van der Waals surface area contributed by atoms with Crippen molar-refractivity contribution in [3.63, 3.8) is 0 Å². The van der Waals surface area contributed by atoms with E-state index in [1.807, 2.05) is 0 Å². The molecule has 0 unspecified atom stereocenters. The molecule has 0 spiro atoms. The summed E-state index contributed by atoms with van der Waals surface area (Å²) in [5.74, 6) is 0.